The number of carbonyl (C=O) groups excluding carboxylic acids is 2. The summed E-state index contributed by atoms with van der Waals surface area (Å²) in [6, 6.07) is 10.3. The minimum absolute atomic E-state index is 0.0207. The maximum Gasteiger partial charge on any atom is 0.240 e. The van der Waals surface area contributed by atoms with Gasteiger partial charge >= 0.3 is 0 Å². The lowest BCUT2D eigenvalue weighted by Crippen LogP contribution is -2.20. The van der Waals surface area contributed by atoms with Crippen molar-refractivity contribution in [1.82, 2.24) is 5.43 Å². The third-order valence-electron chi connectivity index (χ3n) is 3.98. The van der Waals surface area contributed by atoms with Crippen LogP contribution in [0.25, 0.3) is 0 Å². The van der Waals surface area contributed by atoms with Gasteiger partial charge in [-0.05, 0) is 60.9 Å². The lowest BCUT2D eigenvalue weighted by atomic mass is 10.1. The molecule has 2 rings (SSSR count). The Morgan fingerprint density at radius 3 is 2.52 bits per heavy atom. The molecule has 0 aliphatic heterocycles. The molecule has 27 heavy (non-hydrogen) atoms. The highest BCUT2D eigenvalue weighted by molar-refractivity contribution is 5.93. The fourth-order valence-electron chi connectivity index (χ4n) is 2.28. The molecule has 7 heteroatoms. The summed E-state index contributed by atoms with van der Waals surface area (Å²) in [6.45, 7) is 3.97. The Bertz CT molecular complexity index is 862. The monoisotopic (exact) mass is 369 g/mol. The highest BCUT2D eigenvalue weighted by Crippen LogP contribution is 2.25. The van der Waals surface area contributed by atoms with Gasteiger partial charge in [0.05, 0.1) is 13.3 Å². The number of carbonyl (C=O) groups is 2. The van der Waals surface area contributed by atoms with Crippen molar-refractivity contribution in [1.29, 1.82) is 0 Å². The van der Waals surface area contributed by atoms with E-state index in [-0.39, 0.29) is 30.4 Å². The van der Waals surface area contributed by atoms with Gasteiger partial charge in [-0.2, -0.15) is 5.10 Å². The fourth-order valence-corrected chi connectivity index (χ4v) is 2.28. The number of aromatic hydroxyl groups is 1. The molecule has 2 aromatic rings. The number of ether oxygens (including phenoxy) is 1. The van der Waals surface area contributed by atoms with Crippen LogP contribution in [0.1, 0.15) is 29.5 Å². The Balaban J connectivity index is 1.78. The number of amides is 2. The number of hydrogen-bond acceptors (Lipinski definition) is 5. The van der Waals surface area contributed by atoms with E-state index in [4.69, 9.17) is 4.74 Å². The number of rotatable bonds is 7. The fraction of sp³-hybridized carbons (Fsp3) is 0.250. The number of anilines is 1. The standard InChI is InChI=1S/C20H23N3O4/c1-13-4-6-16(10-14(13)2)22-19(25)8-9-20(26)23-21-12-15-5-7-17(24)18(11-15)27-3/h4-7,10-12,24H,8-9H2,1-3H3,(H,22,25)(H,23,26)/b21-12-. The Morgan fingerprint density at radius 2 is 1.81 bits per heavy atom. The first kappa shape index (κ1) is 20.0. The quantitative estimate of drug-likeness (QED) is 0.516. The zero-order chi connectivity index (χ0) is 19.8. The molecule has 0 saturated heterocycles. The second-order valence-electron chi connectivity index (χ2n) is 6.07. The van der Waals surface area contributed by atoms with Crippen LogP contribution in [0.2, 0.25) is 0 Å². The number of hydrogen-bond donors (Lipinski definition) is 3. The van der Waals surface area contributed by atoms with Crippen LogP contribution in [0, 0.1) is 13.8 Å². The van der Waals surface area contributed by atoms with Gasteiger partial charge in [0.2, 0.25) is 11.8 Å². The SMILES string of the molecule is COc1cc(/C=N\NC(=O)CCC(=O)Nc2ccc(C)c(C)c2)ccc1O. The van der Waals surface area contributed by atoms with Crippen molar-refractivity contribution in [2.24, 2.45) is 5.10 Å². The van der Waals surface area contributed by atoms with E-state index in [2.05, 4.69) is 15.8 Å². The predicted molar refractivity (Wildman–Crippen MR) is 104 cm³/mol. The predicted octanol–water partition coefficient (Wildman–Crippen LogP) is 2.89. The Labute approximate surface area is 158 Å². The molecule has 0 fully saturated rings. The van der Waals surface area contributed by atoms with Crippen LogP contribution in [0.15, 0.2) is 41.5 Å². The molecule has 0 saturated carbocycles. The van der Waals surface area contributed by atoms with E-state index in [0.29, 0.717) is 17.0 Å². The van der Waals surface area contributed by atoms with Gasteiger partial charge in [-0.25, -0.2) is 5.43 Å². The topological polar surface area (TPSA) is 100 Å². The summed E-state index contributed by atoms with van der Waals surface area (Å²) >= 11 is 0. The largest absolute Gasteiger partial charge is 0.504 e. The number of hydrazone groups is 1. The molecule has 0 aliphatic rings. The molecule has 142 valence electrons. The molecule has 0 heterocycles. The second-order valence-corrected chi connectivity index (χ2v) is 6.07. The molecule has 0 bridgehead atoms. The van der Waals surface area contributed by atoms with Gasteiger partial charge < -0.3 is 15.2 Å². The van der Waals surface area contributed by atoms with Crippen LogP contribution < -0.4 is 15.5 Å². The minimum atomic E-state index is -0.368. The van der Waals surface area contributed by atoms with Gasteiger partial charge in [-0.3, -0.25) is 9.59 Å². The number of aryl methyl sites for hydroxylation is 2. The van der Waals surface area contributed by atoms with Crippen LogP contribution >= 0.6 is 0 Å². The van der Waals surface area contributed by atoms with Crippen molar-refractivity contribution >= 4 is 23.7 Å². The normalized spacial score (nSPS) is 10.6. The van der Waals surface area contributed by atoms with Crippen molar-refractivity contribution < 1.29 is 19.4 Å². The smallest absolute Gasteiger partial charge is 0.240 e. The number of nitrogens with zero attached hydrogens (tertiary/aromatic N) is 1. The van der Waals surface area contributed by atoms with E-state index in [1.54, 1.807) is 12.1 Å². The minimum Gasteiger partial charge on any atom is -0.504 e. The van der Waals surface area contributed by atoms with Crippen molar-refractivity contribution in [3.63, 3.8) is 0 Å². The average molecular weight is 369 g/mol. The lowest BCUT2D eigenvalue weighted by molar-refractivity contribution is -0.124. The van der Waals surface area contributed by atoms with Crippen LogP contribution in [-0.4, -0.2) is 30.2 Å². The first-order valence-corrected chi connectivity index (χ1v) is 8.45. The van der Waals surface area contributed by atoms with E-state index in [1.807, 2.05) is 32.0 Å². The van der Waals surface area contributed by atoms with Crippen molar-refractivity contribution in [3.05, 3.63) is 53.1 Å². The molecule has 0 radical (unpaired) electrons. The van der Waals surface area contributed by atoms with Crippen molar-refractivity contribution in [3.8, 4) is 11.5 Å². The van der Waals surface area contributed by atoms with Crippen LogP contribution in [0.4, 0.5) is 5.69 Å². The molecule has 0 aliphatic carbocycles. The summed E-state index contributed by atoms with van der Waals surface area (Å²) in [5.74, 6) is -0.269. The number of phenols is 1. The molecule has 3 N–H and O–H groups in total. The molecule has 0 atom stereocenters. The summed E-state index contributed by atoms with van der Waals surface area (Å²) in [4.78, 5) is 23.7. The van der Waals surface area contributed by atoms with Gasteiger partial charge in [-0.1, -0.05) is 6.07 Å². The van der Waals surface area contributed by atoms with Crippen LogP contribution in [0.3, 0.4) is 0 Å². The molecule has 7 nitrogen and oxygen atoms in total. The molecular weight excluding hydrogens is 346 g/mol. The third-order valence-corrected chi connectivity index (χ3v) is 3.98. The number of nitrogens with one attached hydrogen (secondary N) is 2. The Kier molecular flexibility index (Phi) is 6.93. The third kappa shape index (κ3) is 6.14. The first-order valence-electron chi connectivity index (χ1n) is 8.45. The first-order chi connectivity index (χ1) is 12.9. The summed E-state index contributed by atoms with van der Waals surface area (Å²) in [7, 11) is 1.45. The summed E-state index contributed by atoms with van der Waals surface area (Å²) in [6.07, 6.45) is 1.50. The average Bonchev–Trinajstić information content (AvgIpc) is 2.64. The van der Waals surface area contributed by atoms with Gasteiger partial charge in [0.1, 0.15) is 0 Å². The molecule has 0 aromatic heterocycles. The van der Waals surface area contributed by atoms with E-state index < -0.39 is 0 Å². The van der Waals surface area contributed by atoms with Crippen LogP contribution in [-0.2, 0) is 9.59 Å². The second kappa shape index (κ2) is 9.38. The zero-order valence-electron chi connectivity index (χ0n) is 15.6. The van der Waals surface area contributed by atoms with Gasteiger partial charge in [-0.15, -0.1) is 0 Å². The zero-order valence-corrected chi connectivity index (χ0v) is 15.6. The van der Waals surface area contributed by atoms with Gasteiger partial charge in [0.25, 0.3) is 0 Å². The molecule has 2 amide bonds. The Morgan fingerprint density at radius 1 is 1.07 bits per heavy atom. The highest BCUT2D eigenvalue weighted by atomic mass is 16.5. The number of phenolic OH excluding ortho intramolecular Hbond substituents is 1. The summed E-state index contributed by atoms with van der Waals surface area (Å²) in [5, 5.41) is 16.1. The lowest BCUT2D eigenvalue weighted by Gasteiger charge is -2.07. The molecule has 2 aromatic carbocycles. The van der Waals surface area contributed by atoms with E-state index >= 15 is 0 Å². The molecule has 0 unspecified atom stereocenters. The summed E-state index contributed by atoms with van der Waals surface area (Å²) < 4.78 is 5.00. The highest BCUT2D eigenvalue weighted by Gasteiger charge is 2.07. The van der Waals surface area contributed by atoms with Crippen molar-refractivity contribution in [2.45, 2.75) is 26.7 Å². The molecular formula is C20H23N3O4. The van der Waals surface area contributed by atoms with Crippen molar-refractivity contribution in [2.75, 3.05) is 12.4 Å². The van der Waals surface area contributed by atoms with E-state index in [0.717, 1.165) is 11.1 Å². The van der Waals surface area contributed by atoms with Gasteiger partial charge in [0.15, 0.2) is 11.5 Å². The van der Waals surface area contributed by atoms with Gasteiger partial charge in [0, 0.05) is 18.5 Å². The van der Waals surface area contributed by atoms with E-state index in [1.165, 1.54) is 19.4 Å². The maximum atomic E-state index is 11.9. The summed E-state index contributed by atoms with van der Waals surface area (Å²) in [5.41, 5.74) is 5.97. The maximum absolute atomic E-state index is 11.9. The van der Waals surface area contributed by atoms with E-state index in [9.17, 15) is 14.7 Å². The number of methoxy groups -OCH3 is 1. The number of benzene rings is 2. The van der Waals surface area contributed by atoms with Crippen LogP contribution in [0.5, 0.6) is 11.5 Å². The molecule has 0 spiro atoms. The Hall–Kier alpha value is -3.35.